The van der Waals surface area contributed by atoms with Crippen molar-refractivity contribution in [2.24, 2.45) is 0 Å². The van der Waals surface area contributed by atoms with E-state index in [1.165, 1.54) is 6.20 Å². The van der Waals surface area contributed by atoms with E-state index in [1.807, 2.05) is 6.92 Å². The molecule has 5 nitrogen and oxygen atoms in total. The summed E-state index contributed by atoms with van der Waals surface area (Å²) in [6, 6.07) is 0. The number of aromatic amines is 2. The minimum atomic E-state index is -0.521. The largest absolute Gasteiger partial charge is 0.487 e. The minimum absolute atomic E-state index is 0.160. The Balaban J connectivity index is 2.67. The zero-order valence-corrected chi connectivity index (χ0v) is 7.42. The highest BCUT2D eigenvalue weighted by atomic mass is 16.5. The summed E-state index contributed by atoms with van der Waals surface area (Å²) < 4.78 is 5.12. The second kappa shape index (κ2) is 4.49. The van der Waals surface area contributed by atoms with E-state index in [2.05, 4.69) is 9.97 Å². The third-order valence-electron chi connectivity index (χ3n) is 1.54. The monoisotopic (exact) mass is 184 g/mol. The number of rotatable bonds is 4. The Morgan fingerprint density at radius 1 is 1.46 bits per heavy atom. The van der Waals surface area contributed by atoms with Crippen molar-refractivity contribution in [3.63, 3.8) is 0 Å². The summed E-state index contributed by atoms with van der Waals surface area (Å²) in [5.41, 5.74) is -1.01. The van der Waals surface area contributed by atoms with Crippen molar-refractivity contribution in [3.8, 4) is 5.75 Å². The van der Waals surface area contributed by atoms with Crippen molar-refractivity contribution in [2.75, 3.05) is 6.61 Å². The fourth-order valence-corrected chi connectivity index (χ4v) is 0.831. The van der Waals surface area contributed by atoms with Crippen LogP contribution in [0.15, 0.2) is 15.8 Å². The van der Waals surface area contributed by atoms with Gasteiger partial charge in [-0.3, -0.25) is 9.78 Å². The Morgan fingerprint density at radius 2 is 2.23 bits per heavy atom. The van der Waals surface area contributed by atoms with Crippen LogP contribution in [0.4, 0.5) is 0 Å². The highest BCUT2D eigenvalue weighted by Crippen LogP contribution is 1.97. The summed E-state index contributed by atoms with van der Waals surface area (Å²) in [4.78, 5) is 26.0. The van der Waals surface area contributed by atoms with Crippen molar-refractivity contribution >= 4 is 0 Å². The lowest BCUT2D eigenvalue weighted by atomic mass is 10.4. The van der Waals surface area contributed by atoms with Gasteiger partial charge in [0.25, 0.3) is 5.56 Å². The predicted molar refractivity (Wildman–Crippen MR) is 48.1 cm³/mol. The Labute approximate surface area is 74.8 Å². The molecule has 72 valence electrons. The maximum atomic E-state index is 11.0. The van der Waals surface area contributed by atoms with Gasteiger partial charge in [-0.2, -0.15) is 0 Å². The van der Waals surface area contributed by atoms with Gasteiger partial charge in [-0.1, -0.05) is 13.3 Å². The third kappa shape index (κ3) is 2.77. The topological polar surface area (TPSA) is 75.0 Å². The van der Waals surface area contributed by atoms with Crippen LogP contribution in [0.1, 0.15) is 19.8 Å². The first kappa shape index (κ1) is 9.57. The van der Waals surface area contributed by atoms with Gasteiger partial charge in [0.05, 0.1) is 12.8 Å². The maximum absolute atomic E-state index is 11.0. The van der Waals surface area contributed by atoms with Gasteiger partial charge in [-0.15, -0.1) is 0 Å². The molecule has 13 heavy (non-hydrogen) atoms. The molecule has 0 saturated heterocycles. The van der Waals surface area contributed by atoms with Crippen molar-refractivity contribution in [3.05, 3.63) is 27.0 Å². The highest BCUT2D eigenvalue weighted by Gasteiger charge is 1.99. The molecule has 0 aliphatic carbocycles. The van der Waals surface area contributed by atoms with Crippen LogP contribution in [-0.4, -0.2) is 16.6 Å². The number of nitrogens with one attached hydrogen (secondary N) is 2. The predicted octanol–water partition coefficient (Wildman–Crippen LogP) is 0.242. The molecular weight excluding hydrogens is 172 g/mol. The summed E-state index contributed by atoms with van der Waals surface area (Å²) in [5, 5.41) is 0. The minimum Gasteiger partial charge on any atom is -0.487 e. The zero-order valence-electron chi connectivity index (χ0n) is 7.42. The van der Waals surface area contributed by atoms with Crippen molar-refractivity contribution in [1.82, 2.24) is 9.97 Å². The van der Waals surface area contributed by atoms with Crippen LogP contribution in [-0.2, 0) is 0 Å². The fourth-order valence-electron chi connectivity index (χ4n) is 0.831. The SMILES string of the molecule is CCCCOc1c[nH]c(=O)[nH]c1=O. The van der Waals surface area contributed by atoms with E-state index >= 15 is 0 Å². The molecule has 1 rings (SSSR count). The Bertz CT molecular complexity index is 366. The normalized spacial score (nSPS) is 9.92. The van der Waals surface area contributed by atoms with E-state index in [9.17, 15) is 9.59 Å². The molecule has 0 aromatic carbocycles. The van der Waals surface area contributed by atoms with Gasteiger partial charge in [0.1, 0.15) is 0 Å². The first-order chi connectivity index (χ1) is 6.24. The van der Waals surface area contributed by atoms with Gasteiger partial charge in [-0.05, 0) is 6.42 Å². The highest BCUT2D eigenvalue weighted by molar-refractivity contribution is 5.10. The van der Waals surface area contributed by atoms with E-state index in [1.54, 1.807) is 0 Å². The van der Waals surface area contributed by atoms with Crippen molar-refractivity contribution in [1.29, 1.82) is 0 Å². The van der Waals surface area contributed by atoms with Gasteiger partial charge in [-0.25, -0.2) is 4.79 Å². The summed E-state index contributed by atoms with van der Waals surface area (Å²) in [5.74, 6) is 0.160. The number of ether oxygens (including phenoxy) is 1. The third-order valence-corrected chi connectivity index (χ3v) is 1.54. The molecule has 0 aliphatic heterocycles. The maximum Gasteiger partial charge on any atom is 0.325 e. The number of unbranched alkanes of at least 4 members (excludes halogenated alkanes) is 1. The first-order valence-corrected chi connectivity index (χ1v) is 4.19. The van der Waals surface area contributed by atoms with Crippen LogP contribution >= 0.6 is 0 Å². The molecule has 0 saturated carbocycles. The standard InChI is InChI=1S/C8H12N2O3/c1-2-3-4-13-6-5-9-8(12)10-7(6)11/h5H,2-4H2,1H3,(H2,9,10,11,12). The zero-order chi connectivity index (χ0) is 9.68. The number of H-pyrrole nitrogens is 2. The molecule has 0 unspecified atom stereocenters. The second-order valence-electron chi connectivity index (χ2n) is 2.64. The van der Waals surface area contributed by atoms with E-state index in [4.69, 9.17) is 4.74 Å². The molecule has 0 amide bonds. The summed E-state index contributed by atoms with van der Waals surface area (Å²) >= 11 is 0. The first-order valence-electron chi connectivity index (χ1n) is 4.19. The Hall–Kier alpha value is -1.52. The van der Waals surface area contributed by atoms with E-state index < -0.39 is 11.2 Å². The molecule has 5 heteroatoms. The fraction of sp³-hybridized carbons (Fsp3) is 0.500. The molecule has 0 bridgehead atoms. The summed E-state index contributed by atoms with van der Waals surface area (Å²) in [6.07, 6.45) is 3.16. The molecule has 1 aromatic heterocycles. The molecular formula is C8H12N2O3. The van der Waals surface area contributed by atoms with E-state index in [-0.39, 0.29) is 5.75 Å². The molecule has 0 radical (unpaired) electrons. The average Bonchev–Trinajstić information content (AvgIpc) is 2.09. The average molecular weight is 184 g/mol. The van der Waals surface area contributed by atoms with Crippen LogP contribution in [0.5, 0.6) is 5.75 Å². The van der Waals surface area contributed by atoms with Crippen LogP contribution in [0, 0.1) is 0 Å². The lowest BCUT2D eigenvalue weighted by Crippen LogP contribution is -2.23. The molecule has 0 aliphatic rings. The van der Waals surface area contributed by atoms with Gasteiger partial charge >= 0.3 is 5.69 Å². The molecule has 0 atom stereocenters. The molecule has 2 N–H and O–H groups in total. The van der Waals surface area contributed by atoms with E-state index in [0.717, 1.165) is 12.8 Å². The molecule has 1 aromatic rings. The quantitative estimate of drug-likeness (QED) is 0.658. The van der Waals surface area contributed by atoms with Crippen LogP contribution in [0.3, 0.4) is 0 Å². The number of aromatic nitrogens is 2. The van der Waals surface area contributed by atoms with Crippen molar-refractivity contribution in [2.45, 2.75) is 19.8 Å². The second-order valence-corrected chi connectivity index (χ2v) is 2.64. The Kier molecular flexibility index (Phi) is 3.31. The lowest BCUT2D eigenvalue weighted by Gasteiger charge is -2.01. The van der Waals surface area contributed by atoms with E-state index in [0.29, 0.717) is 6.61 Å². The van der Waals surface area contributed by atoms with Gasteiger partial charge < -0.3 is 9.72 Å². The molecule has 0 fully saturated rings. The van der Waals surface area contributed by atoms with Crippen LogP contribution in [0.25, 0.3) is 0 Å². The number of hydrogen-bond acceptors (Lipinski definition) is 3. The lowest BCUT2D eigenvalue weighted by molar-refractivity contribution is 0.303. The number of hydrogen-bond donors (Lipinski definition) is 2. The van der Waals surface area contributed by atoms with Crippen LogP contribution < -0.4 is 16.0 Å². The summed E-state index contributed by atoms with van der Waals surface area (Å²) in [6.45, 7) is 2.52. The van der Waals surface area contributed by atoms with Gasteiger partial charge in [0.2, 0.25) is 5.75 Å². The smallest absolute Gasteiger partial charge is 0.325 e. The van der Waals surface area contributed by atoms with Gasteiger partial charge in [0, 0.05) is 0 Å². The summed E-state index contributed by atoms with van der Waals surface area (Å²) in [7, 11) is 0. The van der Waals surface area contributed by atoms with Gasteiger partial charge in [0.15, 0.2) is 0 Å². The Morgan fingerprint density at radius 3 is 2.85 bits per heavy atom. The van der Waals surface area contributed by atoms with Crippen LogP contribution in [0.2, 0.25) is 0 Å². The molecule has 0 spiro atoms. The van der Waals surface area contributed by atoms with Crippen molar-refractivity contribution < 1.29 is 4.74 Å². The molecule has 1 heterocycles.